The van der Waals surface area contributed by atoms with Crippen LogP contribution in [0.3, 0.4) is 0 Å². The SMILES string of the molecule is C=CCNC(=O)CCn1cc(Br)c(C)n1. The highest BCUT2D eigenvalue weighted by Gasteiger charge is 2.03. The third-order valence-electron chi connectivity index (χ3n) is 1.90. The van der Waals surface area contributed by atoms with Crippen LogP contribution in [0.1, 0.15) is 12.1 Å². The van der Waals surface area contributed by atoms with Crippen LogP contribution < -0.4 is 5.32 Å². The van der Waals surface area contributed by atoms with Gasteiger partial charge >= 0.3 is 0 Å². The molecule has 0 aliphatic heterocycles. The number of rotatable bonds is 5. The number of aryl methyl sites for hydroxylation is 2. The Bertz CT molecular complexity index is 340. The fourth-order valence-corrected chi connectivity index (χ4v) is 1.41. The van der Waals surface area contributed by atoms with Gasteiger partial charge in [-0.2, -0.15) is 5.10 Å². The number of hydrogen-bond donors (Lipinski definition) is 1. The molecule has 4 nitrogen and oxygen atoms in total. The van der Waals surface area contributed by atoms with Gasteiger partial charge in [0.25, 0.3) is 0 Å². The zero-order chi connectivity index (χ0) is 11.3. The smallest absolute Gasteiger partial charge is 0.222 e. The van der Waals surface area contributed by atoms with E-state index in [0.29, 0.717) is 19.5 Å². The molecule has 0 atom stereocenters. The van der Waals surface area contributed by atoms with Crippen LogP contribution in [-0.4, -0.2) is 22.2 Å². The lowest BCUT2D eigenvalue weighted by atomic mass is 10.4. The lowest BCUT2D eigenvalue weighted by Gasteiger charge is -2.02. The van der Waals surface area contributed by atoms with Crippen LogP contribution in [0, 0.1) is 6.92 Å². The van der Waals surface area contributed by atoms with Gasteiger partial charge in [0.15, 0.2) is 0 Å². The minimum Gasteiger partial charge on any atom is -0.353 e. The van der Waals surface area contributed by atoms with Gasteiger partial charge in [0.1, 0.15) is 0 Å². The maximum Gasteiger partial charge on any atom is 0.222 e. The Morgan fingerprint density at radius 3 is 3.07 bits per heavy atom. The van der Waals surface area contributed by atoms with Crippen molar-refractivity contribution in [2.45, 2.75) is 19.9 Å². The first-order chi connectivity index (χ1) is 7.13. The Labute approximate surface area is 97.5 Å². The molecule has 0 aromatic carbocycles. The maximum absolute atomic E-state index is 11.3. The van der Waals surface area contributed by atoms with Crippen molar-refractivity contribution < 1.29 is 4.79 Å². The number of nitrogens with one attached hydrogen (secondary N) is 1. The van der Waals surface area contributed by atoms with Gasteiger partial charge in [-0.05, 0) is 22.9 Å². The Hall–Kier alpha value is -1.10. The number of halogens is 1. The highest BCUT2D eigenvalue weighted by atomic mass is 79.9. The highest BCUT2D eigenvalue weighted by molar-refractivity contribution is 9.10. The van der Waals surface area contributed by atoms with Gasteiger partial charge in [-0.1, -0.05) is 6.08 Å². The molecule has 0 aliphatic carbocycles. The Kier molecular flexibility index (Phi) is 4.55. The van der Waals surface area contributed by atoms with Crippen molar-refractivity contribution >= 4 is 21.8 Å². The van der Waals surface area contributed by atoms with Crippen molar-refractivity contribution in [3.8, 4) is 0 Å². The summed E-state index contributed by atoms with van der Waals surface area (Å²) in [5, 5.41) is 6.95. The van der Waals surface area contributed by atoms with Gasteiger partial charge < -0.3 is 5.32 Å². The van der Waals surface area contributed by atoms with Gasteiger partial charge in [0.05, 0.1) is 10.2 Å². The van der Waals surface area contributed by atoms with E-state index in [-0.39, 0.29) is 5.91 Å². The summed E-state index contributed by atoms with van der Waals surface area (Å²) >= 11 is 3.37. The molecular weight excluding hydrogens is 258 g/mol. The van der Waals surface area contributed by atoms with Crippen molar-refractivity contribution in [2.75, 3.05) is 6.54 Å². The number of carbonyl (C=O) groups excluding carboxylic acids is 1. The molecule has 0 spiro atoms. The molecule has 0 aliphatic rings. The fraction of sp³-hybridized carbons (Fsp3) is 0.400. The first-order valence-corrected chi connectivity index (χ1v) is 5.50. The van der Waals surface area contributed by atoms with Crippen LogP contribution in [0.5, 0.6) is 0 Å². The van der Waals surface area contributed by atoms with Gasteiger partial charge in [-0.3, -0.25) is 9.48 Å². The highest BCUT2D eigenvalue weighted by Crippen LogP contribution is 2.13. The topological polar surface area (TPSA) is 46.9 Å². The minimum atomic E-state index is 0.0131. The summed E-state index contributed by atoms with van der Waals surface area (Å²) in [6.07, 6.45) is 3.96. The molecule has 15 heavy (non-hydrogen) atoms. The third kappa shape index (κ3) is 3.87. The number of nitrogens with zero attached hydrogens (tertiary/aromatic N) is 2. The molecule has 1 amide bonds. The van der Waals surface area contributed by atoms with Gasteiger partial charge in [0.2, 0.25) is 5.91 Å². The molecule has 0 saturated heterocycles. The average molecular weight is 272 g/mol. The molecule has 82 valence electrons. The zero-order valence-corrected chi connectivity index (χ0v) is 10.2. The summed E-state index contributed by atoms with van der Waals surface area (Å²) in [7, 11) is 0. The zero-order valence-electron chi connectivity index (χ0n) is 8.66. The van der Waals surface area contributed by atoms with Crippen LogP contribution in [0.15, 0.2) is 23.3 Å². The van der Waals surface area contributed by atoms with E-state index in [4.69, 9.17) is 0 Å². The summed E-state index contributed by atoms with van der Waals surface area (Å²) in [4.78, 5) is 11.3. The Morgan fingerprint density at radius 1 is 1.80 bits per heavy atom. The molecule has 0 saturated carbocycles. The van der Waals surface area contributed by atoms with Crippen LogP contribution in [-0.2, 0) is 11.3 Å². The van der Waals surface area contributed by atoms with Gasteiger partial charge in [0, 0.05) is 25.7 Å². The second-order valence-corrected chi connectivity index (χ2v) is 4.02. The van der Waals surface area contributed by atoms with Crippen molar-refractivity contribution in [3.05, 3.63) is 29.0 Å². The summed E-state index contributed by atoms with van der Waals surface area (Å²) in [6, 6.07) is 0. The maximum atomic E-state index is 11.3. The second kappa shape index (κ2) is 5.70. The molecule has 5 heteroatoms. The average Bonchev–Trinajstić information content (AvgIpc) is 2.52. The Morgan fingerprint density at radius 2 is 2.53 bits per heavy atom. The molecule has 1 aromatic heterocycles. The van der Waals surface area contributed by atoms with E-state index in [1.54, 1.807) is 10.8 Å². The van der Waals surface area contributed by atoms with Crippen LogP contribution >= 0.6 is 15.9 Å². The van der Waals surface area contributed by atoms with Crippen LogP contribution in [0.2, 0.25) is 0 Å². The standard InChI is InChI=1S/C10H14BrN3O/c1-3-5-12-10(15)4-6-14-7-9(11)8(2)13-14/h3,7H,1,4-6H2,2H3,(H,12,15). The predicted molar refractivity (Wildman–Crippen MR) is 62.5 cm³/mol. The molecule has 1 N–H and O–H groups in total. The quantitative estimate of drug-likeness (QED) is 0.828. The molecule has 0 radical (unpaired) electrons. The number of carbonyl (C=O) groups is 1. The second-order valence-electron chi connectivity index (χ2n) is 3.17. The molecule has 1 heterocycles. The monoisotopic (exact) mass is 271 g/mol. The first kappa shape index (κ1) is 12.0. The van der Waals surface area contributed by atoms with E-state index in [9.17, 15) is 4.79 Å². The van der Waals surface area contributed by atoms with Crippen LogP contribution in [0.4, 0.5) is 0 Å². The predicted octanol–water partition coefficient (Wildman–Crippen LogP) is 1.65. The number of hydrogen-bond acceptors (Lipinski definition) is 2. The first-order valence-electron chi connectivity index (χ1n) is 4.70. The molecule has 1 aromatic rings. The lowest BCUT2D eigenvalue weighted by Crippen LogP contribution is -2.24. The van der Waals surface area contributed by atoms with E-state index in [2.05, 4.69) is 32.9 Å². The molecular formula is C10H14BrN3O. The van der Waals surface area contributed by atoms with E-state index >= 15 is 0 Å². The third-order valence-corrected chi connectivity index (χ3v) is 2.68. The number of amides is 1. The minimum absolute atomic E-state index is 0.0131. The normalized spacial score (nSPS) is 10.0. The van der Waals surface area contributed by atoms with E-state index < -0.39 is 0 Å². The van der Waals surface area contributed by atoms with Crippen molar-refractivity contribution in [2.24, 2.45) is 0 Å². The van der Waals surface area contributed by atoms with Crippen LogP contribution in [0.25, 0.3) is 0 Å². The van der Waals surface area contributed by atoms with E-state index in [1.807, 2.05) is 13.1 Å². The summed E-state index contributed by atoms with van der Waals surface area (Å²) in [5.74, 6) is 0.0131. The van der Waals surface area contributed by atoms with Crippen molar-refractivity contribution in [3.63, 3.8) is 0 Å². The van der Waals surface area contributed by atoms with Crippen molar-refractivity contribution in [1.82, 2.24) is 15.1 Å². The molecule has 0 bridgehead atoms. The van der Waals surface area contributed by atoms with Gasteiger partial charge in [-0.25, -0.2) is 0 Å². The summed E-state index contributed by atoms with van der Waals surface area (Å²) < 4.78 is 2.72. The Balaban J connectivity index is 2.36. The number of aromatic nitrogens is 2. The molecule has 0 fully saturated rings. The summed E-state index contributed by atoms with van der Waals surface area (Å²) in [5.41, 5.74) is 0.932. The van der Waals surface area contributed by atoms with Gasteiger partial charge in [-0.15, -0.1) is 6.58 Å². The fourth-order valence-electron chi connectivity index (χ4n) is 1.10. The lowest BCUT2D eigenvalue weighted by molar-refractivity contribution is -0.121. The molecule has 0 unspecified atom stereocenters. The summed E-state index contributed by atoms with van der Waals surface area (Å²) in [6.45, 7) is 6.55. The van der Waals surface area contributed by atoms with E-state index in [0.717, 1.165) is 10.2 Å². The van der Waals surface area contributed by atoms with Crippen molar-refractivity contribution in [1.29, 1.82) is 0 Å². The van der Waals surface area contributed by atoms with E-state index in [1.165, 1.54) is 0 Å². The molecule has 1 rings (SSSR count). The largest absolute Gasteiger partial charge is 0.353 e.